The molecule has 1 atom stereocenters. The molecule has 1 aromatic carbocycles. The van der Waals surface area contributed by atoms with Gasteiger partial charge in [-0.05, 0) is 69.3 Å². The molecule has 0 bridgehead atoms. The third-order valence-corrected chi connectivity index (χ3v) is 4.15. The highest BCUT2D eigenvalue weighted by molar-refractivity contribution is 5.76. The van der Waals surface area contributed by atoms with Crippen molar-refractivity contribution in [1.82, 2.24) is 10.6 Å². The van der Waals surface area contributed by atoms with Crippen LogP contribution in [0.3, 0.4) is 0 Å². The Balaban J connectivity index is 1.60. The molecular formula is C18H28N2O2. The van der Waals surface area contributed by atoms with Crippen LogP contribution >= 0.6 is 0 Å². The summed E-state index contributed by atoms with van der Waals surface area (Å²) in [5.41, 5.74) is 1.18. The van der Waals surface area contributed by atoms with Gasteiger partial charge < -0.3 is 15.4 Å². The van der Waals surface area contributed by atoms with E-state index in [1.54, 1.807) is 0 Å². The monoisotopic (exact) mass is 304 g/mol. The number of nitrogens with one attached hydrogen (secondary N) is 2. The van der Waals surface area contributed by atoms with Gasteiger partial charge in [0, 0.05) is 13.0 Å². The lowest BCUT2D eigenvalue weighted by atomic mass is 9.96. The van der Waals surface area contributed by atoms with E-state index in [2.05, 4.69) is 10.6 Å². The van der Waals surface area contributed by atoms with Crippen molar-refractivity contribution in [2.24, 2.45) is 5.92 Å². The smallest absolute Gasteiger partial charge is 0.220 e. The summed E-state index contributed by atoms with van der Waals surface area (Å²) in [6, 6.07) is 8.00. The predicted octanol–water partition coefficient (Wildman–Crippen LogP) is 2.52. The Morgan fingerprint density at radius 3 is 2.86 bits per heavy atom. The Kier molecular flexibility index (Phi) is 7.23. The Labute approximate surface area is 133 Å². The van der Waals surface area contributed by atoms with Gasteiger partial charge in [-0.1, -0.05) is 12.1 Å². The lowest BCUT2D eigenvalue weighted by Crippen LogP contribution is -2.33. The van der Waals surface area contributed by atoms with Gasteiger partial charge in [-0.15, -0.1) is 0 Å². The molecule has 0 spiro atoms. The van der Waals surface area contributed by atoms with Crippen LogP contribution in [-0.2, 0) is 11.2 Å². The van der Waals surface area contributed by atoms with Gasteiger partial charge in [-0.2, -0.15) is 0 Å². The zero-order valence-electron chi connectivity index (χ0n) is 13.6. The molecule has 4 heteroatoms. The molecule has 1 saturated heterocycles. The third-order valence-electron chi connectivity index (χ3n) is 4.15. The van der Waals surface area contributed by atoms with Gasteiger partial charge in [0.25, 0.3) is 0 Å². The van der Waals surface area contributed by atoms with Crippen molar-refractivity contribution in [3.05, 3.63) is 29.8 Å². The second kappa shape index (κ2) is 9.46. The zero-order chi connectivity index (χ0) is 15.6. The maximum absolute atomic E-state index is 11.9. The number of aryl methyl sites for hydroxylation is 1. The van der Waals surface area contributed by atoms with Crippen LogP contribution in [0, 0.1) is 5.92 Å². The molecule has 1 aromatic rings. The van der Waals surface area contributed by atoms with Gasteiger partial charge in [-0.3, -0.25) is 4.79 Å². The summed E-state index contributed by atoms with van der Waals surface area (Å²) in [6.45, 7) is 5.70. The number of benzene rings is 1. The lowest BCUT2D eigenvalue weighted by Gasteiger charge is -2.22. The average molecular weight is 304 g/mol. The van der Waals surface area contributed by atoms with E-state index in [0.717, 1.165) is 44.1 Å². The highest BCUT2D eigenvalue weighted by Crippen LogP contribution is 2.14. The van der Waals surface area contributed by atoms with E-state index in [9.17, 15) is 4.79 Å². The van der Waals surface area contributed by atoms with Crippen LogP contribution in [0.2, 0.25) is 0 Å². The molecule has 1 fully saturated rings. The second-order valence-corrected chi connectivity index (χ2v) is 5.93. The normalized spacial score (nSPS) is 18.0. The van der Waals surface area contributed by atoms with Crippen LogP contribution in [0.5, 0.6) is 5.75 Å². The maximum Gasteiger partial charge on any atom is 0.220 e. The van der Waals surface area contributed by atoms with Crippen molar-refractivity contribution in [3.8, 4) is 5.75 Å². The zero-order valence-corrected chi connectivity index (χ0v) is 13.6. The summed E-state index contributed by atoms with van der Waals surface area (Å²) in [5.74, 6) is 1.76. The van der Waals surface area contributed by atoms with Crippen LogP contribution in [0.15, 0.2) is 24.3 Å². The van der Waals surface area contributed by atoms with E-state index in [-0.39, 0.29) is 5.91 Å². The number of hydrogen-bond donors (Lipinski definition) is 2. The third kappa shape index (κ3) is 6.06. The lowest BCUT2D eigenvalue weighted by molar-refractivity contribution is -0.121. The molecule has 1 aliphatic heterocycles. The second-order valence-electron chi connectivity index (χ2n) is 5.93. The number of hydrogen-bond acceptors (Lipinski definition) is 3. The van der Waals surface area contributed by atoms with Gasteiger partial charge >= 0.3 is 0 Å². The summed E-state index contributed by atoms with van der Waals surface area (Å²) >= 11 is 0. The Morgan fingerprint density at radius 1 is 1.36 bits per heavy atom. The number of carbonyl (C=O) groups excluding carboxylic acids is 1. The van der Waals surface area contributed by atoms with Gasteiger partial charge in [0.2, 0.25) is 5.91 Å². The molecule has 2 N–H and O–H groups in total. The van der Waals surface area contributed by atoms with Crippen molar-refractivity contribution in [3.63, 3.8) is 0 Å². The first-order valence-corrected chi connectivity index (χ1v) is 8.47. The number of piperidine rings is 1. The molecule has 22 heavy (non-hydrogen) atoms. The minimum absolute atomic E-state index is 0.151. The van der Waals surface area contributed by atoms with E-state index in [1.807, 2.05) is 31.2 Å². The molecule has 0 aliphatic carbocycles. The summed E-state index contributed by atoms with van der Waals surface area (Å²) < 4.78 is 5.41. The average Bonchev–Trinajstić information content (AvgIpc) is 2.55. The summed E-state index contributed by atoms with van der Waals surface area (Å²) in [6.07, 6.45) is 4.97. The van der Waals surface area contributed by atoms with Gasteiger partial charge in [0.1, 0.15) is 5.75 Å². The number of amides is 1. The maximum atomic E-state index is 11.9. The molecule has 1 heterocycles. The fourth-order valence-corrected chi connectivity index (χ4v) is 2.85. The molecule has 122 valence electrons. The minimum Gasteiger partial charge on any atom is -0.494 e. The molecule has 0 radical (unpaired) electrons. The topological polar surface area (TPSA) is 50.4 Å². The highest BCUT2D eigenvalue weighted by Gasteiger charge is 2.12. The molecule has 1 aliphatic rings. The predicted molar refractivity (Wildman–Crippen MR) is 89.2 cm³/mol. The molecule has 2 rings (SSSR count). The van der Waals surface area contributed by atoms with E-state index in [1.165, 1.54) is 18.4 Å². The van der Waals surface area contributed by atoms with Crippen molar-refractivity contribution in [2.45, 2.75) is 39.0 Å². The fraction of sp³-hybridized carbons (Fsp3) is 0.611. The van der Waals surface area contributed by atoms with E-state index < -0.39 is 0 Å². The summed E-state index contributed by atoms with van der Waals surface area (Å²) in [7, 11) is 0. The molecule has 0 saturated carbocycles. The van der Waals surface area contributed by atoms with Crippen molar-refractivity contribution < 1.29 is 9.53 Å². The van der Waals surface area contributed by atoms with E-state index >= 15 is 0 Å². The number of ether oxygens (including phenoxy) is 1. The van der Waals surface area contributed by atoms with Gasteiger partial charge in [0.05, 0.1) is 6.61 Å². The van der Waals surface area contributed by atoms with Crippen LogP contribution < -0.4 is 15.4 Å². The first-order chi connectivity index (χ1) is 10.8. The largest absolute Gasteiger partial charge is 0.494 e. The SMILES string of the molecule is CCOc1ccc(CCC(=O)NCCC2CCCNC2)cc1. The van der Waals surface area contributed by atoms with E-state index in [0.29, 0.717) is 13.0 Å². The minimum atomic E-state index is 0.151. The molecule has 4 nitrogen and oxygen atoms in total. The van der Waals surface area contributed by atoms with Crippen molar-refractivity contribution in [2.75, 3.05) is 26.2 Å². The Morgan fingerprint density at radius 2 is 2.18 bits per heavy atom. The molecule has 1 unspecified atom stereocenters. The van der Waals surface area contributed by atoms with E-state index in [4.69, 9.17) is 4.74 Å². The first-order valence-electron chi connectivity index (χ1n) is 8.47. The first kappa shape index (κ1) is 16.8. The standard InChI is InChI=1S/C18H28N2O2/c1-2-22-17-8-5-15(6-9-17)7-10-18(21)20-13-11-16-4-3-12-19-14-16/h5-6,8-9,16,19H,2-4,7,10-14H2,1H3,(H,20,21). The highest BCUT2D eigenvalue weighted by atomic mass is 16.5. The Hall–Kier alpha value is -1.55. The van der Waals surface area contributed by atoms with Crippen LogP contribution in [0.25, 0.3) is 0 Å². The van der Waals surface area contributed by atoms with Crippen LogP contribution in [0.1, 0.15) is 38.2 Å². The fourth-order valence-electron chi connectivity index (χ4n) is 2.85. The van der Waals surface area contributed by atoms with Gasteiger partial charge in [0.15, 0.2) is 0 Å². The Bertz CT molecular complexity index is 439. The quantitative estimate of drug-likeness (QED) is 0.776. The summed E-state index contributed by atoms with van der Waals surface area (Å²) in [4.78, 5) is 11.9. The van der Waals surface area contributed by atoms with Crippen LogP contribution in [-0.4, -0.2) is 32.1 Å². The molecule has 0 aromatic heterocycles. The number of rotatable bonds is 8. The number of carbonyl (C=O) groups is 1. The summed E-state index contributed by atoms with van der Waals surface area (Å²) in [5, 5.41) is 6.45. The van der Waals surface area contributed by atoms with Gasteiger partial charge in [-0.25, -0.2) is 0 Å². The van der Waals surface area contributed by atoms with Crippen molar-refractivity contribution in [1.29, 1.82) is 0 Å². The van der Waals surface area contributed by atoms with Crippen molar-refractivity contribution >= 4 is 5.91 Å². The van der Waals surface area contributed by atoms with Crippen LogP contribution in [0.4, 0.5) is 0 Å². The molecule has 1 amide bonds. The molecular weight excluding hydrogens is 276 g/mol.